The molecule has 164 valence electrons. The molecule has 0 radical (unpaired) electrons. The number of likely N-dealkylation sites (N-methyl/N-ethyl adjacent to an activating group) is 1. The van der Waals surface area contributed by atoms with E-state index < -0.39 is 21.9 Å². The lowest BCUT2D eigenvalue weighted by Crippen LogP contribution is -2.30. The highest BCUT2D eigenvalue weighted by Crippen LogP contribution is 2.44. The maximum atomic E-state index is 13.5. The number of hydrogen-bond acceptors (Lipinski definition) is 4. The van der Waals surface area contributed by atoms with Crippen molar-refractivity contribution in [3.05, 3.63) is 88.8 Å². The first-order chi connectivity index (χ1) is 14.8. The van der Waals surface area contributed by atoms with Crippen LogP contribution in [-0.4, -0.2) is 25.7 Å². The van der Waals surface area contributed by atoms with Crippen LogP contribution in [0.25, 0.3) is 0 Å². The Hall–Kier alpha value is -2.86. The van der Waals surface area contributed by atoms with E-state index in [0.29, 0.717) is 17.9 Å². The molecule has 2 aromatic rings. The van der Waals surface area contributed by atoms with Crippen LogP contribution in [0.15, 0.2) is 82.6 Å². The molecule has 1 aliphatic carbocycles. The number of esters is 1. The molecule has 31 heavy (non-hydrogen) atoms. The summed E-state index contributed by atoms with van der Waals surface area (Å²) in [5.41, 5.74) is 3.38. The van der Waals surface area contributed by atoms with E-state index in [1.807, 2.05) is 43.3 Å². The van der Waals surface area contributed by atoms with Crippen LogP contribution in [0.1, 0.15) is 50.2 Å². The van der Waals surface area contributed by atoms with Gasteiger partial charge in [-0.3, -0.25) is 9.10 Å². The summed E-state index contributed by atoms with van der Waals surface area (Å²) in [6.07, 6.45) is 4.42. The molecule has 0 N–H and O–H groups in total. The van der Waals surface area contributed by atoms with Crippen LogP contribution in [0, 0.1) is 6.92 Å². The Morgan fingerprint density at radius 3 is 2.29 bits per heavy atom. The molecular formula is C25H29NO4S. The van der Waals surface area contributed by atoms with Crippen LogP contribution in [0.3, 0.4) is 0 Å². The fourth-order valence-corrected chi connectivity index (χ4v) is 5.10. The van der Waals surface area contributed by atoms with Crippen molar-refractivity contribution >= 4 is 16.0 Å². The summed E-state index contributed by atoms with van der Waals surface area (Å²) >= 11 is 0. The van der Waals surface area contributed by atoms with Gasteiger partial charge in [0.25, 0.3) is 10.0 Å². The Morgan fingerprint density at radius 1 is 1.06 bits per heavy atom. The van der Waals surface area contributed by atoms with E-state index in [1.54, 1.807) is 31.3 Å². The average Bonchev–Trinajstić information content (AvgIpc) is 3.09. The summed E-state index contributed by atoms with van der Waals surface area (Å²) in [5, 5.41) is 0. The summed E-state index contributed by atoms with van der Waals surface area (Å²) in [5.74, 6) is -0.430. The van der Waals surface area contributed by atoms with Crippen molar-refractivity contribution in [1.29, 1.82) is 0 Å². The maximum absolute atomic E-state index is 13.5. The van der Waals surface area contributed by atoms with Crippen LogP contribution >= 0.6 is 0 Å². The Kier molecular flexibility index (Phi) is 7.01. The standard InChI is InChI=1S/C25H29NO4S/c1-5-6-10-21-17-23(30-19(3)27)24(20-11-8-7-9-12-20)25(21)26(4)31(28,29)22-15-13-18(2)14-16-22/h7-9,11-17,24H,5-6,10H2,1-4H3. The van der Waals surface area contributed by atoms with Gasteiger partial charge in [0, 0.05) is 19.7 Å². The molecule has 1 unspecified atom stereocenters. The van der Waals surface area contributed by atoms with Gasteiger partial charge < -0.3 is 4.74 Å². The molecule has 0 aliphatic heterocycles. The van der Waals surface area contributed by atoms with Gasteiger partial charge in [-0.1, -0.05) is 61.4 Å². The number of hydrogen-bond donors (Lipinski definition) is 0. The van der Waals surface area contributed by atoms with Gasteiger partial charge in [0.1, 0.15) is 5.76 Å². The van der Waals surface area contributed by atoms with Crippen LogP contribution in [0.2, 0.25) is 0 Å². The zero-order valence-electron chi connectivity index (χ0n) is 18.5. The van der Waals surface area contributed by atoms with Crippen molar-refractivity contribution in [2.45, 2.75) is 50.8 Å². The van der Waals surface area contributed by atoms with Gasteiger partial charge in [-0.15, -0.1) is 0 Å². The van der Waals surface area contributed by atoms with Gasteiger partial charge in [0.2, 0.25) is 0 Å². The maximum Gasteiger partial charge on any atom is 0.307 e. The zero-order chi connectivity index (χ0) is 22.6. The molecule has 0 amide bonds. The highest BCUT2D eigenvalue weighted by molar-refractivity contribution is 7.89. The fraction of sp³-hybridized carbons (Fsp3) is 0.320. The molecule has 1 atom stereocenters. The van der Waals surface area contributed by atoms with Crippen molar-refractivity contribution in [3.8, 4) is 0 Å². The number of nitrogens with zero attached hydrogens (tertiary/aromatic N) is 1. The molecular weight excluding hydrogens is 410 g/mol. The first-order valence-corrected chi connectivity index (χ1v) is 11.9. The minimum Gasteiger partial charge on any atom is -0.430 e. The fourth-order valence-electron chi connectivity index (χ4n) is 3.82. The van der Waals surface area contributed by atoms with E-state index in [0.717, 1.165) is 29.5 Å². The molecule has 2 aromatic carbocycles. The smallest absolute Gasteiger partial charge is 0.307 e. The van der Waals surface area contributed by atoms with Crippen molar-refractivity contribution in [3.63, 3.8) is 0 Å². The highest BCUT2D eigenvalue weighted by atomic mass is 32.2. The molecule has 0 spiro atoms. The number of unbranched alkanes of at least 4 members (excludes halogenated alkanes) is 1. The minimum absolute atomic E-state index is 0.232. The lowest BCUT2D eigenvalue weighted by molar-refractivity contribution is -0.137. The van der Waals surface area contributed by atoms with Crippen molar-refractivity contribution in [2.24, 2.45) is 0 Å². The lowest BCUT2D eigenvalue weighted by Gasteiger charge is -2.28. The van der Waals surface area contributed by atoms with E-state index in [2.05, 4.69) is 6.92 Å². The third-order valence-electron chi connectivity index (χ3n) is 5.42. The molecule has 0 bridgehead atoms. The number of carbonyl (C=O) groups excluding carboxylic acids is 1. The number of carbonyl (C=O) groups is 1. The third-order valence-corrected chi connectivity index (χ3v) is 7.20. The second kappa shape index (κ2) is 9.52. The SMILES string of the molecule is CCCCC1=C(N(C)S(=O)(=O)c2ccc(C)cc2)C(c2ccccc2)C(OC(C)=O)=C1. The number of sulfonamides is 1. The Morgan fingerprint density at radius 2 is 1.71 bits per heavy atom. The summed E-state index contributed by atoms with van der Waals surface area (Å²) in [6, 6.07) is 16.4. The van der Waals surface area contributed by atoms with E-state index in [9.17, 15) is 13.2 Å². The molecule has 0 saturated carbocycles. The van der Waals surface area contributed by atoms with E-state index in [-0.39, 0.29) is 4.90 Å². The first-order valence-electron chi connectivity index (χ1n) is 10.5. The van der Waals surface area contributed by atoms with E-state index in [4.69, 9.17) is 4.74 Å². The molecule has 0 heterocycles. The predicted octanol–water partition coefficient (Wildman–Crippen LogP) is 5.30. The number of ether oxygens (including phenoxy) is 1. The van der Waals surface area contributed by atoms with Gasteiger partial charge in [0.15, 0.2) is 0 Å². The predicted molar refractivity (Wildman–Crippen MR) is 122 cm³/mol. The largest absolute Gasteiger partial charge is 0.430 e. The molecule has 0 fully saturated rings. The quantitative estimate of drug-likeness (QED) is 0.523. The zero-order valence-corrected chi connectivity index (χ0v) is 19.3. The summed E-state index contributed by atoms with van der Waals surface area (Å²) in [6.45, 7) is 5.37. The van der Waals surface area contributed by atoms with Gasteiger partial charge in [-0.25, -0.2) is 8.42 Å². The van der Waals surface area contributed by atoms with Crippen molar-refractivity contribution < 1.29 is 17.9 Å². The molecule has 3 rings (SSSR count). The van der Waals surface area contributed by atoms with Crippen LogP contribution < -0.4 is 0 Å². The third kappa shape index (κ3) is 4.90. The van der Waals surface area contributed by atoms with Gasteiger partial charge >= 0.3 is 5.97 Å². The number of benzene rings is 2. The van der Waals surface area contributed by atoms with Gasteiger partial charge in [-0.2, -0.15) is 0 Å². The number of rotatable bonds is 8. The van der Waals surface area contributed by atoms with Crippen LogP contribution in [0.4, 0.5) is 0 Å². The number of aryl methyl sites for hydroxylation is 1. The first kappa shape index (κ1) is 22.8. The Balaban J connectivity index is 2.13. The minimum atomic E-state index is -3.79. The van der Waals surface area contributed by atoms with Crippen LogP contribution in [0.5, 0.6) is 0 Å². The molecule has 0 aromatic heterocycles. The monoisotopic (exact) mass is 439 g/mol. The Labute approximate surface area is 185 Å². The van der Waals surface area contributed by atoms with Crippen molar-refractivity contribution in [2.75, 3.05) is 7.05 Å². The second-order valence-electron chi connectivity index (χ2n) is 7.78. The van der Waals surface area contributed by atoms with Crippen LogP contribution in [-0.2, 0) is 19.6 Å². The van der Waals surface area contributed by atoms with Gasteiger partial charge in [0.05, 0.1) is 10.8 Å². The molecule has 5 nitrogen and oxygen atoms in total. The lowest BCUT2D eigenvalue weighted by atomic mass is 9.95. The number of allylic oxidation sites excluding steroid dienone is 2. The summed E-state index contributed by atoms with van der Waals surface area (Å²) in [7, 11) is -2.21. The summed E-state index contributed by atoms with van der Waals surface area (Å²) < 4.78 is 33.9. The van der Waals surface area contributed by atoms with Crippen molar-refractivity contribution in [1.82, 2.24) is 4.31 Å². The van der Waals surface area contributed by atoms with E-state index in [1.165, 1.54) is 11.2 Å². The Bertz CT molecular complexity index is 1100. The second-order valence-corrected chi connectivity index (χ2v) is 9.75. The topological polar surface area (TPSA) is 63.7 Å². The molecule has 1 aliphatic rings. The molecule has 6 heteroatoms. The van der Waals surface area contributed by atoms with Gasteiger partial charge in [-0.05, 0) is 49.1 Å². The molecule has 0 saturated heterocycles. The summed E-state index contributed by atoms with van der Waals surface area (Å²) in [4.78, 5) is 12.0. The average molecular weight is 440 g/mol. The highest BCUT2D eigenvalue weighted by Gasteiger charge is 2.37. The van der Waals surface area contributed by atoms with E-state index >= 15 is 0 Å². The normalized spacial score (nSPS) is 16.3.